The Balaban J connectivity index is 1.83. The average molecular weight is 306 g/mol. The van der Waals surface area contributed by atoms with E-state index in [1.807, 2.05) is 6.07 Å². The molecule has 1 heterocycles. The Morgan fingerprint density at radius 3 is 2.57 bits per heavy atom. The lowest BCUT2D eigenvalue weighted by atomic mass is 10.1. The molecule has 4 heteroatoms. The quantitative estimate of drug-likeness (QED) is 0.592. The van der Waals surface area contributed by atoms with Gasteiger partial charge in [0.05, 0.1) is 4.88 Å². The summed E-state index contributed by atoms with van der Waals surface area (Å²) in [6.07, 6.45) is 5.35. The summed E-state index contributed by atoms with van der Waals surface area (Å²) in [5.74, 6) is -1.50. The van der Waals surface area contributed by atoms with Crippen LogP contribution in [0.5, 0.6) is 0 Å². The third-order valence-electron chi connectivity index (χ3n) is 3.92. The Bertz CT molecular complexity index is 632. The fourth-order valence-electron chi connectivity index (χ4n) is 2.75. The number of hydrogen-bond acceptors (Lipinski definition) is 2. The van der Waals surface area contributed by atoms with Gasteiger partial charge in [-0.2, -0.15) is 0 Å². The van der Waals surface area contributed by atoms with Crippen LogP contribution in [0.3, 0.4) is 0 Å². The van der Waals surface area contributed by atoms with Crippen molar-refractivity contribution in [2.24, 2.45) is 0 Å². The lowest BCUT2D eigenvalue weighted by Gasteiger charge is -2.03. The fourth-order valence-corrected chi connectivity index (χ4v) is 3.94. The van der Waals surface area contributed by atoms with Crippen LogP contribution in [0.15, 0.2) is 24.3 Å². The van der Waals surface area contributed by atoms with Gasteiger partial charge in [-0.05, 0) is 49.4 Å². The Morgan fingerprint density at radius 1 is 1.10 bits per heavy atom. The molecule has 1 aromatic carbocycles. The Morgan fingerprint density at radius 2 is 1.81 bits per heavy atom. The summed E-state index contributed by atoms with van der Waals surface area (Å²) in [6, 6.07) is 5.61. The van der Waals surface area contributed by atoms with E-state index < -0.39 is 11.6 Å². The highest BCUT2D eigenvalue weighted by Crippen LogP contribution is 2.30. The number of fused-ring (bicyclic) bond motifs is 1. The van der Waals surface area contributed by atoms with Crippen LogP contribution < -0.4 is 0 Å². The van der Waals surface area contributed by atoms with E-state index in [9.17, 15) is 13.6 Å². The van der Waals surface area contributed by atoms with E-state index in [0.717, 1.165) is 25.7 Å². The zero-order valence-corrected chi connectivity index (χ0v) is 12.4. The van der Waals surface area contributed by atoms with Crippen molar-refractivity contribution in [1.82, 2.24) is 0 Å². The van der Waals surface area contributed by atoms with Gasteiger partial charge in [-0.1, -0.05) is 12.5 Å². The van der Waals surface area contributed by atoms with Crippen LogP contribution in [0.4, 0.5) is 8.78 Å². The summed E-state index contributed by atoms with van der Waals surface area (Å²) < 4.78 is 27.2. The zero-order valence-electron chi connectivity index (χ0n) is 11.6. The molecule has 1 nitrogen and oxygen atoms in total. The van der Waals surface area contributed by atoms with Crippen LogP contribution in [-0.2, 0) is 19.3 Å². The van der Waals surface area contributed by atoms with Crippen molar-refractivity contribution in [3.8, 4) is 0 Å². The molecule has 1 aromatic heterocycles. The van der Waals surface area contributed by atoms with Crippen molar-refractivity contribution >= 4 is 17.1 Å². The van der Waals surface area contributed by atoms with Gasteiger partial charge in [-0.25, -0.2) is 8.78 Å². The number of hydrogen-bond donors (Lipinski definition) is 0. The maximum atomic E-state index is 13.6. The van der Waals surface area contributed by atoms with Crippen molar-refractivity contribution in [2.45, 2.75) is 38.5 Å². The maximum Gasteiger partial charge on any atom is 0.177 e. The average Bonchev–Trinajstić information content (AvgIpc) is 2.74. The molecule has 3 rings (SSSR count). The first-order valence-corrected chi connectivity index (χ1v) is 8.04. The van der Waals surface area contributed by atoms with E-state index in [1.165, 1.54) is 46.4 Å². The van der Waals surface area contributed by atoms with Gasteiger partial charge in [0.25, 0.3) is 0 Å². The molecule has 0 radical (unpaired) electrons. The predicted octanol–water partition coefficient (Wildman–Crippen LogP) is 4.72. The molecule has 0 amide bonds. The summed E-state index contributed by atoms with van der Waals surface area (Å²) in [7, 11) is 0. The zero-order chi connectivity index (χ0) is 14.8. The van der Waals surface area contributed by atoms with Gasteiger partial charge in [0, 0.05) is 16.9 Å². The Hall–Kier alpha value is -1.55. The summed E-state index contributed by atoms with van der Waals surface area (Å²) in [4.78, 5) is 14.2. The second kappa shape index (κ2) is 6.06. The number of halogens is 2. The standard InChI is InChI=1S/C17H16F2OS/c18-13-6-4-7-14(19)12(13)10-15(20)17-9-11-5-2-1-3-8-16(11)21-17/h4,6-7,9H,1-3,5,8,10H2. The normalized spacial score (nSPS) is 14.6. The maximum absolute atomic E-state index is 13.6. The van der Waals surface area contributed by atoms with E-state index in [4.69, 9.17) is 0 Å². The SMILES string of the molecule is O=C(Cc1c(F)cccc1F)c1cc2c(s1)CCCCC2. The molecule has 0 unspecified atom stereocenters. The summed E-state index contributed by atoms with van der Waals surface area (Å²) in [5, 5.41) is 0. The molecule has 110 valence electrons. The minimum atomic E-state index is -0.651. The van der Waals surface area contributed by atoms with Crippen LogP contribution in [-0.4, -0.2) is 5.78 Å². The van der Waals surface area contributed by atoms with Crippen LogP contribution in [0.1, 0.15) is 44.9 Å². The van der Waals surface area contributed by atoms with Gasteiger partial charge in [0.1, 0.15) is 11.6 Å². The van der Waals surface area contributed by atoms with E-state index in [0.29, 0.717) is 4.88 Å². The van der Waals surface area contributed by atoms with E-state index in [2.05, 4.69) is 0 Å². The molecule has 0 N–H and O–H groups in total. The third-order valence-corrected chi connectivity index (χ3v) is 5.20. The highest BCUT2D eigenvalue weighted by molar-refractivity contribution is 7.14. The monoisotopic (exact) mass is 306 g/mol. The van der Waals surface area contributed by atoms with E-state index in [-0.39, 0.29) is 17.8 Å². The third kappa shape index (κ3) is 3.05. The largest absolute Gasteiger partial charge is 0.293 e. The number of benzene rings is 1. The lowest BCUT2D eigenvalue weighted by molar-refractivity contribution is 0.0994. The number of carbonyl (C=O) groups excluding carboxylic acids is 1. The predicted molar refractivity (Wildman–Crippen MR) is 80.0 cm³/mol. The van der Waals surface area contributed by atoms with Crippen molar-refractivity contribution in [3.63, 3.8) is 0 Å². The van der Waals surface area contributed by atoms with Crippen molar-refractivity contribution < 1.29 is 13.6 Å². The highest BCUT2D eigenvalue weighted by Gasteiger charge is 2.19. The first-order chi connectivity index (χ1) is 10.1. The second-order valence-electron chi connectivity index (χ2n) is 5.42. The first-order valence-electron chi connectivity index (χ1n) is 7.23. The second-order valence-corrected chi connectivity index (χ2v) is 6.56. The molecular formula is C17H16F2OS. The number of aryl methyl sites for hydroxylation is 2. The molecule has 1 aliphatic rings. The Kier molecular flexibility index (Phi) is 4.15. The number of Topliss-reactive ketones (excluding diaryl/α,β-unsaturated/α-hetero) is 1. The van der Waals surface area contributed by atoms with Crippen molar-refractivity contribution in [2.75, 3.05) is 0 Å². The summed E-state index contributed by atoms with van der Waals surface area (Å²) in [5.41, 5.74) is 1.11. The Labute approximate surface area is 126 Å². The minimum Gasteiger partial charge on any atom is -0.293 e. The topological polar surface area (TPSA) is 17.1 Å². The fraction of sp³-hybridized carbons (Fsp3) is 0.353. The van der Waals surface area contributed by atoms with Crippen LogP contribution in [0.2, 0.25) is 0 Å². The van der Waals surface area contributed by atoms with Crippen LogP contribution in [0, 0.1) is 11.6 Å². The van der Waals surface area contributed by atoms with Crippen LogP contribution >= 0.6 is 11.3 Å². The van der Waals surface area contributed by atoms with Gasteiger partial charge in [-0.3, -0.25) is 4.79 Å². The van der Waals surface area contributed by atoms with Crippen molar-refractivity contribution in [1.29, 1.82) is 0 Å². The van der Waals surface area contributed by atoms with E-state index in [1.54, 1.807) is 0 Å². The number of carbonyl (C=O) groups is 1. The van der Waals surface area contributed by atoms with Crippen molar-refractivity contribution in [3.05, 3.63) is 56.8 Å². The molecule has 0 spiro atoms. The molecule has 2 aromatic rings. The molecule has 0 bridgehead atoms. The minimum absolute atomic E-state index is 0.133. The highest BCUT2D eigenvalue weighted by atomic mass is 32.1. The van der Waals surface area contributed by atoms with Gasteiger partial charge in [-0.15, -0.1) is 11.3 Å². The van der Waals surface area contributed by atoms with Crippen LogP contribution in [0.25, 0.3) is 0 Å². The molecule has 0 fully saturated rings. The molecule has 0 saturated heterocycles. The smallest absolute Gasteiger partial charge is 0.177 e. The molecule has 0 atom stereocenters. The molecule has 21 heavy (non-hydrogen) atoms. The first kappa shape index (κ1) is 14.4. The van der Waals surface area contributed by atoms with Gasteiger partial charge >= 0.3 is 0 Å². The lowest BCUT2D eigenvalue weighted by Crippen LogP contribution is -2.05. The molecular weight excluding hydrogens is 290 g/mol. The molecule has 0 aliphatic heterocycles. The summed E-state index contributed by atoms with van der Waals surface area (Å²) >= 11 is 1.49. The summed E-state index contributed by atoms with van der Waals surface area (Å²) in [6.45, 7) is 0. The number of thiophene rings is 1. The number of ketones is 1. The molecule has 1 aliphatic carbocycles. The van der Waals surface area contributed by atoms with Gasteiger partial charge in [0.15, 0.2) is 5.78 Å². The van der Waals surface area contributed by atoms with Gasteiger partial charge < -0.3 is 0 Å². The molecule has 0 saturated carbocycles. The number of rotatable bonds is 3. The van der Waals surface area contributed by atoms with E-state index >= 15 is 0 Å². The van der Waals surface area contributed by atoms with Gasteiger partial charge in [0.2, 0.25) is 0 Å².